The van der Waals surface area contributed by atoms with Gasteiger partial charge >= 0.3 is 5.97 Å². The average Bonchev–Trinajstić information content (AvgIpc) is 2.00. The Hall–Kier alpha value is -0.570. The van der Waals surface area contributed by atoms with Crippen LogP contribution >= 0.6 is 0 Å². The number of carboxylic acid groups (broad SMARTS) is 1. The third kappa shape index (κ3) is 4.65. The number of aliphatic carboxylic acids is 1. The van der Waals surface area contributed by atoms with Crippen molar-refractivity contribution in [3.05, 3.63) is 0 Å². The van der Waals surface area contributed by atoms with Gasteiger partial charge in [-0.05, 0) is 32.2 Å². The van der Waals surface area contributed by atoms with Crippen molar-refractivity contribution in [2.45, 2.75) is 53.1 Å². The summed E-state index contributed by atoms with van der Waals surface area (Å²) in [6, 6.07) is -0.0627. The van der Waals surface area contributed by atoms with Gasteiger partial charge in [0.15, 0.2) is 0 Å². The summed E-state index contributed by atoms with van der Waals surface area (Å²) in [6.07, 6.45) is 1.03. The lowest BCUT2D eigenvalue weighted by Gasteiger charge is -2.33. The van der Waals surface area contributed by atoms with Crippen LogP contribution in [0.4, 0.5) is 0 Å². The molecule has 0 heterocycles. The predicted molar refractivity (Wildman–Crippen MR) is 62.9 cm³/mol. The number of rotatable bonds is 6. The first-order chi connectivity index (χ1) is 6.77. The maximum absolute atomic E-state index is 11.1. The molecule has 0 fully saturated rings. The molecule has 0 bridgehead atoms. The summed E-state index contributed by atoms with van der Waals surface area (Å²) >= 11 is 0. The van der Waals surface area contributed by atoms with Crippen molar-refractivity contribution in [1.29, 1.82) is 0 Å². The maximum Gasteiger partial charge on any atom is 0.321 e. The molecular weight excluding hydrogens is 190 g/mol. The van der Waals surface area contributed by atoms with Gasteiger partial charge in [0.25, 0.3) is 0 Å². The van der Waals surface area contributed by atoms with E-state index in [0.29, 0.717) is 12.0 Å². The number of hydrogen-bond acceptors (Lipinski definition) is 2. The zero-order valence-corrected chi connectivity index (χ0v) is 10.8. The van der Waals surface area contributed by atoms with Crippen molar-refractivity contribution in [1.82, 2.24) is 4.90 Å². The second-order valence-corrected chi connectivity index (χ2v) is 5.17. The summed E-state index contributed by atoms with van der Waals surface area (Å²) < 4.78 is 0. The molecule has 0 spiro atoms. The quantitative estimate of drug-likeness (QED) is 0.740. The Morgan fingerprint density at radius 1 is 1.20 bits per heavy atom. The van der Waals surface area contributed by atoms with Crippen LogP contribution in [0.5, 0.6) is 0 Å². The van der Waals surface area contributed by atoms with E-state index in [1.807, 2.05) is 25.8 Å². The Morgan fingerprint density at radius 3 is 1.93 bits per heavy atom. The highest BCUT2D eigenvalue weighted by Gasteiger charge is 2.29. The van der Waals surface area contributed by atoms with Crippen molar-refractivity contribution in [2.75, 3.05) is 7.05 Å². The number of hydrogen-bond donors (Lipinski definition) is 1. The average molecular weight is 215 g/mol. The lowest BCUT2D eigenvalue weighted by molar-refractivity contribution is -0.145. The van der Waals surface area contributed by atoms with Crippen LogP contribution in [-0.4, -0.2) is 35.1 Å². The van der Waals surface area contributed by atoms with Crippen LogP contribution in [0.1, 0.15) is 41.0 Å². The normalized spacial score (nSPS) is 16.1. The maximum atomic E-state index is 11.1. The van der Waals surface area contributed by atoms with Gasteiger partial charge in [0, 0.05) is 6.04 Å². The molecule has 0 rings (SSSR count). The first kappa shape index (κ1) is 14.4. The Labute approximate surface area is 93.5 Å². The summed E-state index contributed by atoms with van der Waals surface area (Å²) in [5, 5.41) is 9.16. The molecule has 0 aromatic carbocycles. The van der Waals surface area contributed by atoms with E-state index in [1.165, 1.54) is 0 Å². The molecule has 0 amide bonds. The number of carboxylic acids is 1. The van der Waals surface area contributed by atoms with Crippen LogP contribution in [0.25, 0.3) is 0 Å². The van der Waals surface area contributed by atoms with Crippen LogP contribution in [0, 0.1) is 11.8 Å². The lowest BCUT2D eigenvalue weighted by Crippen LogP contribution is -2.47. The molecule has 0 aliphatic rings. The summed E-state index contributed by atoms with van der Waals surface area (Å²) in [5.41, 5.74) is 0. The summed E-state index contributed by atoms with van der Waals surface area (Å²) in [4.78, 5) is 13.1. The molecule has 3 nitrogen and oxygen atoms in total. The minimum atomic E-state index is -0.719. The van der Waals surface area contributed by atoms with E-state index in [2.05, 4.69) is 20.8 Å². The zero-order chi connectivity index (χ0) is 12.2. The zero-order valence-electron chi connectivity index (χ0n) is 10.8. The van der Waals surface area contributed by atoms with Gasteiger partial charge in [-0.2, -0.15) is 0 Å². The van der Waals surface area contributed by atoms with Crippen LogP contribution in [0.3, 0.4) is 0 Å². The molecule has 0 aliphatic heterocycles. The van der Waals surface area contributed by atoms with Crippen LogP contribution in [-0.2, 0) is 4.79 Å². The van der Waals surface area contributed by atoms with Crippen LogP contribution < -0.4 is 0 Å². The van der Waals surface area contributed by atoms with Crippen LogP contribution in [0.2, 0.25) is 0 Å². The Balaban J connectivity index is 4.49. The minimum Gasteiger partial charge on any atom is -0.480 e. The third-order valence-corrected chi connectivity index (χ3v) is 2.83. The van der Waals surface area contributed by atoms with Gasteiger partial charge in [-0.3, -0.25) is 9.69 Å². The van der Waals surface area contributed by atoms with E-state index in [4.69, 9.17) is 5.11 Å². The molecule has 2 atom stereocenters. The molecule has 0 aromatic rings. The minimum absolute atomic E-state index is 0.141. The molecule has 2 unspecified atom stereocenters. The molecular formula is C12H25NO2. The summed E-state index contributed by atoms with van der Waals surface area (Å²) in [5.74, 6) is 0.0225. The Bertz CT molecular complexity index is 202. The molecule has 0 aliphatic carbocycles. The summed E-state index contributed by atoms with van der Waals surface area (Å²) in [7, 11) is 1.91. The highest BCUT2D eigenvalue weighted by Crippen LogP contribution is 2.17. The fraction of sp³-hybridized carbons (Fsp3) is 0.917. The molecule has 0 radical (unpaired) electrons. The van der Waals surface area contributed by atoms with E-state index in [9.17, 15) is 4.79 Å². The molecule has 3 heteroatoms. The SMILES string of the molecule is CC(C)CC(C)N(C)C(C(=O)O)C(C)C. The Morgan fingerprint density at radius 2 is 1.67 bits per heavy atom. The largest absolute Gasteiger partial charge is 0.480 e. The van der Waals surface area contributed by atoms with E-state index in [0.717, 1.165) is 6.42 Å². The van der Waals surface area contributed by atoms with Gasteiger partial charge in [-0.25, -0.2) is 0 Å². The molecule has 90 valence electrons. The third-order valence-electron chi connectivity index (χ3n) is 2.83. The van der Waals surface area contributed by atoms with E-state index in [-0.39, 0.29) is 12.0 Å². The smallest absolute Gasteiger partial charge is 0.321 e. The van der Waals surface area contributed by atoms with Crippen LogP contribution in [0.15, 0.2) is 0 Å². The van der Waals surface area contributed by atoms with Crippen molar-refractivity contribution in [3.8, 4) is 0 Å². The van der Waals surface area contributed by atoms with Gasteiger partial charge in [0.2, 0.25) is 0 Å². The number of nitrogens with zero attached hydrogens (tertiary/aromatic N) is 1. The highest BCUT2D eigenvalue weighted by molar-refractivity contribution is 5.73. The van der Waals surface area contributed by atoms with Crippen molar-refractivity contribution < 1.29 is 9.90 Å². The lowest BCUT2D eigenvalue weighted by atomic mass is 9.98. The van der Waals surface area contributed by atoms with Crippen molar-refractivity contribution >= 4 is 5.97 Å². The second-order valence-electron chi connectivity index (χ2n) is 5.17. The monoisotopic (exact) mass is 215 g/mol. The van der Waals surface area contributed by atoms with Gasteiger partial charge in [0.1, 0.15) is 6.04 Å². The highest BCUT2D eigenvalue weighted by atomic mass is 16.4. The Kier molecular flexibility index (Phi) is 5.88. The molecule has 15 heavy (non-hydrogen) atoms. The molecule has 0 saturated heterocycles. The van der Waals surface area contributed by atoms with Gasteiger partial charge in [-0.15, -0.1) is 0 Å². The number of likely N-dealkylation sites (N-methyl/N-ethyl adjacent to an activating group) is 1. The van der Waals surface area contributed by atoms with Gasteiger partial charge in [-0.1, -0.05) is 27.7 Å². The number of carbonyl (C=O) groups is 1. The van der Waals surface area contributed by atoms with E-state index in [1.54, 1.807) is 0 Å². The molecule has 1 N–H and O–H groups in total. The van der Waals surface area contributed by atoms with Gasteiger partial charge < -0.3 is 5.11 Å². The standard InChI is InChI=1S/C12H25NO2/c1-8(2)7-10(5)13(6)11(9(3)4)12(14)15/h8-11H,7H2,1-6H3,(H,14,15). The molecule has 0 saturated carbocycles. The second kappa shape index (κ2) is 6.11. The predicted octanol–water partition coefficient (Wildman–Crippen LogP) is 2.46. The van der Waals surface area contributed by atoms with Gasteiger partial charge in [0.05, 0.1) is 0 Å². The fourth-order valence-electron chi connectivity index (χ4n) is 2.05. The topological polar surface area (TPSA) is 40.5 Å². The first-order valence-electron chi connectivity index (χ1n) is 5.72. The van der Waals surface area contributed by atoms with E-state index < -0.39 is 5.97 Å². The molecule has 0 aromatic heterocycles. The fourth-order valence-corrected chi connectivity index (χ4v) is 2.05. The van der Waals surface area contributed by atoms with Crippen molar-refractivity contribution in [2.24, 2.45) is 11.8 Å². The first-order valence-corrected chi connectivity index (χ1v) is 5.72. The van der Waals surface area contributed by atoms with E-state index >= 15 is 0 Å². The van der Waals surface area contributed by atoms with Crippen molar-refractivity contribution in [3.63, 3.8) is 0 Å². The summed E-state index contributed by atoms with van der Waals surface area (Å²) in [6.45, 7) is 10.3.